The van der Waals surface area contributed by atoms with E-state index in [2.05, 4.69) is 9.97 Å². The molecule has 0 atom stereocenters. The second-order valence-electron chi connectivity index (χ2n) is 4.94. The maximum Gasteiger partial charge on any atom is 0.270 e. The number of amides is 1. The summed E-state index contributed by atoms with van der Waals surface area (Å²) in [5.41, 5.74) is 2.45. The number of aromatic nitrogens is 2. The standard InChI is InChI=1S/C16H14ClN3O/c1-20(10-11-3-2-6-18-9-11)16(21)15-8-12-7-13(17)4-5-14(12)19-15/h2-9,19H,10H2,1H3. The molecule has 1 N–H and O–H groups in total. The Morgan fingerprint density at radius 2 is 2.19 bits per heavy atom. The first-order valence-electron chi connectivity index (χ1n) is 6.56. The van der Waals surface area contributed by atoms with Gasteiger partial charge in [-0.1, -0.05) is 17.7 Å². The van der Waals surface area contributed by atoms with Crippen LogP contribution in [0.2, 0.25) is 5.02 Å². The van der Waals surface area contributed by atoms with E-state index < -0.39 is 0 Å². The van der Waals surface area contributed by atoms with E-state index in [-0.39, 0.29) is 5.91 Å². The quantitative estimate of drug-likeness (QED) is 0.805. The zero-order chi connectivity index (χ0) is 14.8. The first-order chi connectivity index (χ1) is 10.1. The molecule has 2 aromatic heterocycles. The van der Waals surface area contributed by atoms with Gasteiger partial charge in [0, 0.05) is 41.9 Å². The van der Waals surface area contributed by atoms with E-state index in [1.165, 1.54) is 0 Å². The zero-order valence-corrected chi connectivity index (χ0v) is 12.3. The Morgan fingerprint density at radius 1 is 1.33 bits per heavy atom. The average Bonchev–Trinajstić information content (AvgIpc) is 2.90. The second-order valence-corrected chi connectivity index (χ2v) is 5.37. The fourth-order valence-electron chi connectivity index (χ4n) is 2.26. The fourth-order valence-corrected chi connectivity index (χ4v) is 2.44. The lowest BCUT2D eigenvalue weighted by Gasteiger charge is -2.16. The van der Waals surface area contributed by atoms with Crippen LogP contribution in [0.1, 0.15) is 16.1 Å². The van der Waals surface area contributed by atoms with E-state index in [9.17, 15) is 4.79 Å². The van der Waals surface area contributed by atoms with E-state index >= 15 is 0 Å². The number of fused-ring (bicyclic) bond motifs is 1. The zero-order valence-electron chi connectivity index (χ0n) is 11.5. The molecule has 0 aliphatic heterocycles. The van der Waals surface area contributed by atoms with Crippen LogP contribution in [0.15, 0.2) is 48.8 Å². The van der Waals surface area contributed by atoms with E-state index in [0.29, 0.717) is 17.3 Å². The van der Waals surface area contributed by atoms with Crippen LogP contribution < -0.4 is 0 Å². The highest BCUT2D eigenvalue weighted by Crippen LogP contribution is 2.21. The highest BCUT2D eigenvalue weighted by atomic mass is 35.5. The van der Waals surface area contributed by atoms with Gasteiger partial charge in [-0.25, -0.2) is 0 Å². The van der Waals surface area contributed by atoms with Crippen LogP contribution in [0.3, 0.4) is 0 Å². The van der Waals surface area contributed by atoms with Gasteiger partial charge >= 0.3 is 0 Å². The SMILES string of the molecule is CN(Cc1cccnc1)C(=O)c1cc2cc(Cl)ccc2[nH]1. The van der Waals surface area contributed by atoms with Crippen molar-refractivity contribution in [1.29, 1.82) is 0 Å². The minimum atomic E-state index is -0.0637. The second kappa shape index (κ2) is 5.58. The number of pyridine rings is 1. The maximum absolute atomic E-state index is 12.4. The Bertz CT molecular complexity index is 783. The summed E-state index contributed by atoms with van der Waals surface area (Å²) in [7, 11) is 1.77. The molecule has 0 unspecified atom stereocenters. The summed E-state index contributed by atoms with van der Waals surface area (Å²) in [6, 6.07) is 11.1. The van der Waals surface area contributed by atoms with Crippen LogP contribution in [0.4, 0.5) is 0 Å². The molecule has 0 radical (unpaired) electrons. The van der Waals surface area contributed by atoms with Gasteiger partial charge in [-0.15, -0.1) is 0 Å². The number of nitrogens with zero attached hydrogens (tertiary/aromatic N) is 2. The summed E-state index contributed by atoms with van der Waals surface area (Å²) in [6.45, 7) is 0.517. The molecule has 4 nitrogen and oxygen atoms in total. The molecule has 3 aromatic rings. The third-order valence-electron chi connectivity index (χ3n) is 3.30. The van der Waals surface area contributed by atoms with Crippen molar-refractivity contribution in [2.45, 2.75) is 6.54 Å². The van der Waals surface area contributed by atoms with E-state index in [0.717, 1.165) is 16.5 Å². The van der Waals surface area contributed by atoms with Crippen molar-refractivity contribution < 1.29 is 4.79 Å². The Hall–Kier alpha value is -2.33. The molecule has 106 valence electrons. The molecule has 0 bridgehead atoms. The smallest absolute Gasteiger partial charge is 0.270 e. The van der Waals surface area contributed by atoms with Gasteiger partial charge in [-0.2, -0.15) is 0 Å². The topological polar surface area (TPSA) is 49.0 Å². The number of rotatable bonds is 3. The Labute approximate surface area is 127 Å². The first-order valence-corrected chi connectivity index (χ1v) is 6.94. The molecular formula is C16H14ClN3O. The lowest BCUT2D eigenvalue weighted by atomic mass is 10.2. The van der Waals surface area contributed by atoms with Crippen LogP contribution in [-0.4, -0.2) is 27.8 Å². The van der Waals surface area contributed by atoms with Crippen LogP contribution in [-0.2, 0) is 6.54 Å². The predicted octanol–water partition coefficient (Wildman–Crippen LogP) is 3.49. The molecule has 5 heteroatoms. The summed E-state index contributed by atoms with van der Waals surface area (Å²) in [6.07, 6.45) is 3.47. The number of carbonyl (C=O) groups is 1. The third kappa shape index (κ3) is 2.90. The summed E-state index contributed by atoms with van der Waals surface area (Å²) in [5.74, 6) is -0.0637. The Balaban J connectivity index is 1.82. The maximum atomic E-state index is 12.4. The molecule has 1 amide bonds. The monoisotopic (exact) mass is 299 g/mol. The van der Waals surface area contributed by atoms with Crippen molar-refractivity contribution >= 4 is 28.4 Å². The number of H-pyrrole nitrogens is 1. The van der Waals surface area contributed by atoms with Crippen LogP contribution in [0.25, 0.3) is 10.9 Å². The summed E-state index contributed by atoms with van der Waals surface area (Å²) in [4.78, 5) is 21.3. The van der Waals surface area contributed by atoms with Crippen LogP contribution in [0.5, 0.6) is 0 Å². The molecule has 0 saturated carbocycles. The van der Waals surface area contributed by atoms with Crippen molar-refractivity contribution in [2.24, 2.45) is 0 Å². The number of hydrogen-bond donors (Lipinski definition) is 1. The first kappa shape index (κ1) is 13.6. The summed E-state index contributed by atoms with van der Waals surface area (Å²) in [5, 5.41) is 1.59. The van der Waals surface area contributed by atoms with Crippen LogP contribution in [0, 0.1) is 0 Å². The number of benzene rings is 1. The number of hydrogen-bond acceptors (Lipinski definition) is 2. The van der Waals surface area contributed by atoms with Crippen LogP contribution >= 0.6 is 11.6 Å². The molecule has 0 fully saturated rings. The highest BCUT2D eigenvalue weighted by molar-refractivity contribution is 6.31. The molecule has 0 aliphatic rings. The normalized spacial score (nSPS) is 10.8. The molecule has 21 heavy (non-hydrogen) atoms. The molecule has 0 saturated heterocycles. The van der Waals surface area contributed by atoms with Gasteiger partial charge in [0.1, 0.15) is 5.69 Å². The van der Waals surface area contributed by atoms with Crippen molar-refractivity contribution in [1.82, 2.24) is 14.9 Å². The minimum absolute atomic E-state index is 0.0637. The van der Waals surface area contributed by atoms with Gasteiger partial charge in [0.25, 0.3) is 5.91 Å². The average molecular weight is 300 g/mol. The molecule has 0 spiro atoms. The third-order valence-corrected chi connectivity index (χ3v) is 3.54. The van der Waals surface area contributed by atoms with E-state index in [1.54, 1.807) is 30.4 Å². The highest BCUT2D eigenvalue weighted by Gasteiger charge is 2.14. The van der Waals surface area contributed by atoms with Gasteiger partial charge in [0.05, 0.1) is 0 Å². The Kier molecular flexibility index (Phi) is 3.62. The lowest BCUT2D eigenvalue weighted by Crippen LogP contribution is -2.26. The summed E-state index contributed by atoms with van der Waals surface area (Å²) < 4.78 is 0. The fraction of sp³-hybridized carbons (Fsp3) is 0.125. The van der Waals surface area contributed by atoms with Crippen molar-refractivity contribution in [3.05, 3.63) is 65.1 Å². The number of aromatic amines is 1. The summed E-state index contributed by atoms with van der Waals surface area (Å²) >= 11 is 5.96. The molecule has 3 rings (SSSR count). The van der Waals surface area contributed by atoms with Crippen molar-refractivity contribution in [3.63, 3.8) is 0 Å². The van der Waals surface area contributed by atoms with Gasteiger partial charge in [0.15, 0.2) is 0 Å². The van der Waals surface area contributed by atoms with E-state index in [1.807, 2.05) is 30.3 Å². The van der Waals surface area contributed by atoms with Gasteiger partial charge < -0.3 is 9.88 Å². The molecule has 0 aliphatic carbocycles. The minimum Gasteiger partial charge on any atom is -0.351 e. The number of carbonyl (C=O) groups excluding carboxylic acids is 1. The van der Waals surface area contributed by atoms with Gasteiger partial charge in [-0.05, 0) is 35.9 Å². The number of halogens is 1. The molecular weight excluding hydrogens is 286 g/mol. The lowest BCUT2D eigenvalue weighted by molar-refractivity contribution is 0.0780. The molecule has 1 aromatic carbocycles. The number of nitrogens with one attached hydrogen (secondary N) is 1. The van der Waals surface area contributed by atoms with Crippen molar-refractivity contribution in [2.75, 3.05) is 7.05 Å². The Morgan fingerprint density at radius 3 is 2.95 bits per heavy atom. The van der Waals surface area contributed by atoms with E-state index in [4.69, 9.17) is 11.6 Å². The van der Waals surface area contributed by atoms with Gasteiger partial charge in [-0.3, -0.25) is 9.78 Å². The molecule has 2 heterocycles. The van der Waals surface area contributed by atoms with Gasteiger partial charge in [0.2, 0.25) is 0 Å². The predicted molar refractivity (Wildman–Crippen MR) is 83.3 cm³/mol. The largest absolute Gasteiger partial charge is 0.351 e. The van der Waals surface area contributed by atoms with Crippen molar-refractivity contribution in [3.8, 4) is 0 Å².